The number of carbonyl (C=O) groups is 2. The SMILES string of the molecule is Cn1cc(-c2ccc(C[C@@H](C#N)NC(=O)C3(NC(=O)OC(C)(C)C)CCCCC3)cc2)ccc1=O. The number of carbonyl (C=O) groups excluding carboxylic acids is 2. The fourth-order valence-corrected chi connectivity index (χ4v) is 4.32. The average molecular weight is 479 g/mol. The summed E-state index contributed by atoms with van der Waals surface area (Å²) < 4.78 is 6.91. The summed E-state index contributed by atoms with van der Waals surface area (Å²) in [5.74, 6) is -0.351. The molecular formula is C27H34N4O4. The highest BCUT2D eigenvalue weighted by molar-refractivity contribution is 5.90. The van der Waals surface area contributed by atoms with Crippen LogP contribution in [0.2, 0.25) is 0 Å². The summed E-state index contributed by atoms with van der Waals surface area (Å²) >= 11 is 0. The van der Waals surface area contributed by atoms with Crippen LogP contribution in [0.3, 0.4) is 0 Å². The second-order valence-corrected chi connectivity index (χ2v) is 10.2. The molecule has 186 valence electrons. The highest BCUT2D eigenvalue weighted by atomic mass is 16.6. The summed E-state index contributed by atoms with van der Waals surface area (Å²) in [5, 5.41) is 15.4. The van der Waals surface area contributed by atoms with E-state index in [9.17, 15) is 19.6 Å². The number of nitrogens with one attached hydrogen (secondary N) is 2. The van der Waals surface area contributed by atoms with Gasteiger partial charge in [0.2, 0.25) is 11.5 Å². The van der Waals surface area contributed by atoms with Crippen molar-refractivity contribution in [1.29, 1.82) is 5.26 Å². The van der Waals surface area contributed by atoms with Crippen LogP contribution < -0.4 is 16.2 Å². The van der Waals surface area contributed by atoms with E-state index in [1.807, 2.05) is 24.3 Å². The van der Waals surface area contributed by atoms with Crippen LogP contribution in [-0.4, -0.2) is 33.7 Å². The molecule has 2 N–H and O–H groups in total. The predicted octanol–water partition coefficient (Wildman–Crippen LogP) is 3.83. The van der Waals surface area contributed by atoms with Gasteiger partial charge in [-0.05, 0) is 56.4 Å². The van der Waals surface area contributed by atoms with E-state index in [0.717, 1.165) is 36.0 Å². The molecule has 1 aliphatic carbocycles. The van der Waals surface area contributed by atoms with Crippen molar-refractivity contribution in [2.24, 2.45) is 7.05 Å². The van der Waals surface area contributed by atoms with Crippen LogP contribution in [-0.2, 0) is 23.0 Å². The number of rotatable bonds is 6. The molecule has 2 aromatic rings. The van der Waals surface area contributed by atoms with Gasteiger partial charge in [0.25, 0.3) is 0 Å². The average Bonchev–Trinajstić information content (AvgIpc) is 2.80. The molecule has 0 radical (unpaired) electrons. The van der Waals surface area contributed by atoms with Gasteiger partial charge >= 0.3 is 6.09 Å². The minimum absolute atomic E-state index is 0.0742. The van der Waals surface area contributed by atoms with Crippen LogP contribution >= 0.6 is 0 Å². The summed E-state index contributed by atoms with van der Waals surface area (Å²) in [5.41, 5.74) is 0.925. The maximum absolute atomic E-state index is 13.3. The molecule has 35 heavy (non-hydrogen) atoms. The van der Waals surface area contributed by atoms with E-state index in [0.29, 0.717) is 19.3 Å². The number of nitrogens with zero attached hydrogens (tertiary/aromatic N) is 2. The number of alkyl carbamates (subject to hydrolysis) is 1. The van der Waals surface area contributed by atoms with Crippen molar-refractivity contribution in [1.82, 2.24) is 15.2 Å². The molecule has 1 aliphatic rings. The van der Waals surface area contributed by atoms with Gasteiger partial charge in [0.15, 0.2) is 0 Å². The summed E-state index contributed by atoms with van der Waals surface area (Å²) in [6.45, 7) is 5.32. The molecule has 0 aliphatic heterocycles. The molecular weight excluding hydrogens is 444 g/mol. The van der Waals surface area contributed by atoms with Crippen molar-refractivity contribution in [2.75, 3.05) is 0 Å². The molecule has 1 aromatic heterocycles. The summed E-state index contributed by atoms with van der Waals surface area (Å²) in [6.07, 6.45) is 5.11. The first-order valence-electron chi connectivity index (χ1n) is 12.0. The third-order valence-electron chi connectivity index (χ3n) is 6.16. The number of hydrogen-bond donors (Lipinski definition) is 2. The Balaban J connectivity index is 1.69. The Bertz CT molecular complexity index is 1150. The molecule has 1 saturated carbocycles. The Hall–Kier alpha value is -3.60. The molecule has 1 fully saturated rings. The fraction of sp³-hybridized carbons (Fsp3) is 0.481. The zero-order valence-corrected chi connectivity index (χ0v) is 20.9. The molecule has 1 heterocycles. The van der Waals surface area contributed by atoms with Crippen molar-refractivity contribution < 1.29 is 14.3 Å². The number of hydrogen-bond acceptors (Lipinski definition) is 5. The van der Waals surface area contributed by atoms with Crippen LogP contribution in [0, 0.1) is 11.3 Å². The van der Waals surface area contributed by atoms with Crippen LogP contribution in [0.4, 0.5) is 4.79 Å². The second kappa shape index (κ2) is 10.8. The lowest BCUT2D eigenvalue weighted by atomic mass is 9.80. The van der Waals surface area contributed by atoms with Gasteiger partial charge in [-0.1, -0.05) is 43.5 Å². The molecule has 1 aromatic carbocycles. The smallest absolute Gasteiger partial charge is 0.408 e. The minimum Gasteiger partial charge on any atom is -0.444 e. The van der Waals surface area contributed by atoms with E-state index in [1.165, 1.54) is 10.6 Å². The Morgan fingerprint density at radius 1 is 1.09 bits per heavy atom. The number of benzene rings is 1. The predicted molar refractivity (Wildman–Crippen MR) is 134 cm³/mol. The number of ether oxygens (including phenoxy) is 1. The van der Waals surface area contributed by atoms with Gasteiger partial charge in [-0.3, -0.25) is 9.59 Å². The van der Waals surface area contributed by atoms with Crippen LogP contribution in [0.25, 0.3) is 11.1 Å². The lowest BCUT2D eigenvalue weighted by Gasteiger charge is -2.37. The van der Waals surface area contributed by atoms with E-state index < -0.39 is 23.3 Å². The van der Waals surface area contributed by atoms with E-state index in [2.05, 4.69) is 16.7 Å². The van der Waals surface area contributed by atoms with Crippen molar-refractivity contribution >= 4 is 12.0 Å². The van der Waals surface area contributed by atoms with Gasteiger partial charge < -0.3 is 19.9 Å². The van der Waals surface area contributed by atoms with Gasteiger partial charge in [-0.25, -0.2) is 4.79 Å². The zero-order valence-electron chi connectivity index (χ0n) is 20.9. The zero-order chi connectivity index (χ0) is 25.6. The van der Waals surface area contributed by atoms with E-state index in [4.69, 9.17) is 4.74 Å². The van der Waals surface area contributed by atoms with Gasteiger partial charge in [-0.2, -0.15) is 5.26 Å². The highest BCUT2D eigenvalue weighted by Gasteiger charge is 2.42. The molecule has 2 amide bonds. The van der Waals surface area contributed by atoms with Gasteiger partial charge in [0.1, 0.15) is 17.2 Å². The highest BCUT2D eigenvalue weighted by Crippen LogP contribution is 2.29. The topological polar surface area (TPSA) is 113 Å². The van der Waals surface area contributed by atoms with Crippen molar-refractivity contribution in [3.8, 4) is 17.2 Å². The van der Waals surface area contributed by atoms with Crippen LogP contribution in [0.15, 0.2) is 47.4 Å². The third kappa shape index (κ3) is 6.95. The molecule has 8 heteroatoms. The van der Waals surface area contributed by atoms with Gasteiger partial charge in [0.05, 0.1) is 6.07 Å². The Morgan fingerprint density at radius 3 is 2.29 bits per heavy atom. The van der Waals surface area contributed by atoms with E-state index >= 15 is 0 Å². The summed E-state index contributed by atoms with van der Waals surface area (Å²) in [4.78, 5) is 37.4. The lowest BCUT2D eigenvalue weighted by molar-refractivity contribution is -0.129. The Morgan fingerprint density at radius 2 is 1.71 bits per heavy atom. The van der Waals surface area contributed by atoms with Gasteiger partial charge in [-0.15, -0.1) is 0 Å². The standard InChI is InChI=1S/C27H34N4O4/c1-26(2,3)35-25(34)30-27(14-6-5-7-15-27)24(33)29-22(17-28)16-19-8-10-20(11-9-19)21-12-13-23(32)31(4)18-21/h8-13,18,22H,5-7,14-16H2,1-4H3,(H,29,33)(H,30,34)/t22-/m0/s1. The van der Waals surface area contributed by atoms with Crippen LogP contribution in [0.5, 0.6) is 0 Å². The maximum atomic E-state index is 13.3. The molecule has 0 spiro atoms. The molecule has 1 atom stereocenters. The van der Waals surface area contributed by atoms with Crippen LogP contribution in [0.1, 0.15) is 58.4 Å². The Labute approximate surface area is 206 Å². The first-order chi connectivity index (χ1) is 16.5. The van der Waals surface area contributed by atoms with E-state index in [-0.39, 0.29) is 11.5 Å². The van der Waals surface area contributed by atoms with Crippen molar-refractivity contribution in [3.05, 3.63) is 58.5 Å². The largest absolute Gasteiger partial charge is 0.444 e. The summed E-state index contributed by atoms with van der Waals surface area (Å²) in [6, 6.07) is 12.4. The number of amides is 2. The van der Waals surface area contributed by atoms with Crippen molar-refractivity contribution in [3.63, 3.8) is 0 Å². The summed E-state index contributed by atoms with van der Waals surface area (Å²) in [7, 11) is 1.71. The number of pyridine rings is 1. The normalized spacial score (nSPS) is 16.0. The van der Waals surface area contributed by atoms with E-state index in [1.54, 1.807) is 40.1 Å². The lowest BCUT2D eigenvalue weighted by Crippen LogP contribution is -2.61. The first kappa shape index (κ1) is 26.0. The minimum atomic E-state index is -1.08. The molecule has 0 unspecified atom stereocenters. The fourth-order valence-electron chi connectivity index (χ4n) is 4.32. The van der Waals surface area contributed by atoms with Gasteiger partial charge in [0, 0.05) is 25.7 Å². The number of nitriles is 1. The molecule has 3 rings (SSSR count). The first-order valence-corrected chi connectivity index (χ1v) is 12.0. The monoisotopic (exact) mass is 478 g/mol. The second-order valence-electron chi connectivity index (χ2n) is 10.2. The van der Waals surface area contributed by atoms with Crippen molar-refractivity contribution in [2.45, 2.75) is 76.5 Å². The quantitative estimate of drug-likeness (QED) is 0.655. The molecule has 0 bridgehead atoms. The molecule has 0 saturated heterocycles. The third-order valence-corrected chi connectivity index (χ3v) is 6.16. The molecule has 8 nitrogen and oxygen atoms in total. The maximum Gasteiger partial charge on any atom is 0.408 e. The number of aromatic nitrogens is 1. The number of aryl methyl sites for hydroxylation is 1. The Kier molecular flexibility index (Phi) is 8.00.